The lowest BCUT2D eigenvalue weighted by Gasteiger charge is -2.42. The normalized spacial score (nSPS) is 20.3. The van der Waals surface area contributed by atoms with Gasteiger partial charge < -0.3 is 10.2 Å². The summed E-state index contributed by atoms with van der Waals surface area (Å²) in [4.78, 5) is 2.66. The lowest BCUT2D eigenvalue weighted by molar-refractivity contribution is 0.0886. The Labute approximate surface area is 130 Å². The predicted molar refractivity (Wildman–Crippen MR) is 91.5 cm³/mol. The van der Waals surface area contributed by atoms with Gasteiger partial charge in [-0.15, -0.1) is 0 Å². The van der Waals surface area contributed by atoms with E-state index in [1.165, 1.54) is 44.3 Å². The van der Waals surface area contributed by atoms with Gasteiger partial charge in [0.2, 0.25) is 0 Å². The van der Waals surface area contributed by atoms with Crippen molar-refractivity contribution in [1.29, 1.82) is 0 Å². The minimum Gasteiger partial charge on any atom is -0.309 e. The number of likely N-dealkylation sites (N-methyl/N-ethyl adjacent to an activating group) is 1. The number of piperidine rings is 1. The number of rotatable bonds is 7. The van der Waals surface area contributed by atoms with Gasteiger partial charge in [0.15, 0.2) is 0 Å². The largest absolute Gasteiger partial charge is 0.309 e. The zero-order valence-corrected chi connectivity index (χ0v) is 14.1. The van der Waals surface area contributed by atoms with Crippen molar-refractivity contribution in [3.63, 3.8) is 0 Å². The van der Waals surface area contributed by atoms with Gasteiger partial charge in [-0.2, -0.15) is 0 Å². The summed E-state index contributed by atoms with van der Waals surface area (Å²) in [5.41, 5.74) is 2.04. The highest BCUT2D eigenvalue weighted by Gasteiger charge is 2.31. The van der Waals surface area contributed by atoms with E-state index in [-0.39, 0.29) is 0 Å². The highest BCUT2D eigenvalue weighted by atomic mass is 15.2. The quantitative estimate of drug-likeness (QED) is 0.807. The van der Waals surface area contributed by atoms with Crippen LogP contribution in [0.4, 0.5) is 0 Å². The Morgan fingerprint density at radius 3 is 2.19 bits per heavy atom. The van der Waals surface area contributed by atoms with Crippen LogP contribution in [0, 0.1) is 5.41 Å². The molecule has 1 atom stereocenters. The van der Waals surface area contributed by atoms with Gasteiger partial charge in [-0.25, -0.2) is 0 Å². The minimum atomic E-state index is 0.465. The molecular weight excluding hydrogens is 256 g/mol. The molecular formula is C19H32N2. The Balaban J connectivity index is 1.94. The third-order valence-electron chi connectivity index (χ3n) is 5.51. The zero-order valence-electron chi connectivity index (χ0n) is 14.1. The van der Waals surface area contributed by atoms with Gasteiger partial charge in [-0.05, 0) is 43.5 Å². The van der Waals surface area contributed by atoms with Crippen molar-refractivity contribution < 1.29 is 0 Å². The molecule has 0 spiro atoms. The molecule has 1 fully saturated rings. The van der Waals surface area contributed by atoms with E-state index in [1.54, 1.807) is 0 Å². The third-order valence-corrected chi connectivity index (χ3v) is 5.51. The average molecular weight is 288 g/mol. The molecule has 2 rings (SSSR count). The molecule has 1 heterocycles. The number of nitrogens with one attached hydrogen (secondary N) is 1. The van der Waals surface area contributed by atoms with Crippen LogP contribution in [0.2, 0.25) is 0 Å². The first-order chi connectivity index (χ1) is 10.2. The maximum absolute atomic E-state index is 3.65. The lowest BCUT2D eigenvalue weighted by atomic mass is 9.74. The summed E-state index contributed by atoms with van der Waals surface area (Å²) < 4.78 is 0. The van der Waals surface area contributed by atoms with E-state index in [2.05, 4.69) is 61.3 Å². The van der Waals surface area contributed by atoms with E-state index in [4.69, 9.17) is 0 Å². The van der Waals surface area contributed by atoms with Gasteiger partial charge in [-0.3, -0.25) is 0 Å². The lowest BCUT2D eigenvalue weighted by Crippen LogP contribution is -2.43. The molecule has 21 heavy (non-hydrogen) atoms. The van der Waals surface area contributed by atoms with Crippen molar-refractivity contribution in [2.75, 3.05) is 26.2 Å². The topological polar surface area (TPSA) is 15.3 Å². The van der Waals surface area contributed by atoms with Gasteiger partial charge in [-0.1, -0.05) is 63.9 Å². The molecule has 1 unspecified atom stereocenters. The van der Waals surface area contributed by atoms with Crippen LogP contribution in [-0.2, 0) is 0 Å². The molecule has 118 valence electrons. The van der Waals surface area contributed by atoms with E-state index in [0.29, 0.717) is 11.5 Å². The molecule has 0 aliphatic carbocycles. The molecule has 1 aromatic carbocycles. The van der Waals surface area contributed by atoms with E-state index in [0.717, 1.165) is 13.1 Å². The van der Waals surface area contributed by atoms with Gasteiger partial charge in [0, 0.05) is 12.6 Å². The molecule has 0 saturated carbocycles. The first-order valence-corrected chi connectivity index (χ1v) is 8.73. The van der Waals surface area contributed by atoms with Crippen molar-refractivity contribution in [3.8, 4) is 0 Å². The Hall–Kier alpha value is -0.860. The summed E-state index contributed by atoms with van der Waals surface area (Å²) in [6, 6.07) is 11.4. The molecule has 1 aromatic rings. The second kappa shape index (κ2) is 7.95. The first kappa shape index (κ1) is 16.5. The summed E-state index contributed by atoms with van der Waals surface area (Å²) in [6.07, 6.45) is 5.42. The number of likely N-dealkylation sites (tertiary alicyclic amines) is 1. The number of nitrogens with zero attached hydrogens (tertiary/aromatic N) is 1. The van der Waals surface area contributed by atoms with Gasteiger partial charge in [0.1, 0.15) is 0 Å². The Kier molecular flexibility index (Phi) is 6.25. The fourth-order valence-electron chi connectivity index (χ4n) is 3.64. The fourth-order valence-corrected chi connectivity index (χ4v) is 3.64. The van der Waals surface area contributed by atoms with Crippen LogP contribution >= 0.6 is 0 Å². The second-order valence-electron chi connectivity index (χ2n) is 6.53. The van der Waals surface area contributed by atoms with Crippen molar-refractivity contribution in [2.45, 2.75) is 52.5 Å². The van der Waals surface area contributed by atoms with E-state index in [1.807, 2.05) is 0 Å². The van der Waals surface area contributed by atoms with Crippen LogP contribution in [0.25, 0.3) is 0 Å². The highest BCUT2D eigenvalue weighted by Crippen LogP contribution is 2.38. The van der Waals surface area contributed by atoms with Crippen LogP contribution in [0.5, 0.6) is 0 Å². The van der Waals surface area contributed by atoms with Gasteiger partial charge >= 0.3 is 0 Å². The van der Waals surface area contributed by atoms with E-state index >= 15 is 0 Å². The van der Waals surface area contributed by atoms with Crippen molar-refractivity contribution in [3.05, 3.63) is 35.9 Å². The maximum atomic E-state index is 3.65. The van der Waals surface area contributed by atoms with Crippen molar-refractivity contribution in [1.82, 2.24) is 10.2 Å². The minimum absolute atomic E-state index is 0.465. The van der Waals surface area contributed by atoms with Gasteiger partial charge in [0.05, 0.1) is 0 Å². The molecule has 0 amide bonds. The molecule has 1 saturated heterocycles. The van der Waals surface area contributed by atoms with E-state index < -0.39 is 0 Å². The van der Waals surface area contributed by atoms with Crippen LogP contribution in [0.3, 0.4) is 0 Å². The smallest absolute Gasteiger partial charge is 0.0449 e. The monoisotopic (exact) mass is 288 g/mol. The molecule has 0 aromatic heterocycles. The molecule has 2 heteroatoms. The highest BCUT2D eigenvalue weighted by molar-refractivity contribution is 5.19. The van der Waals surface area contributed by atoms with Crippen LogP contribution in [0.1, 0.15) is 58.1 Å². The standard InChI is InChI=1S/C19H32N2/c1-4-19(5-2)12-14-21(15-13-19)16-18(20-6-3)17-10-8-7-9-11-17/h7-11,18,20H,4-6,12-16H2,1-3H3. The van der Waals surface area contributed by atoms with Crippen LogP contribution in [-0.4, -0.2) is 31.1 Å². The molecule has 0 radical (unpaired) electrons. The third kappa shape index (κ3) is 4.31. The summed E-state index contributed by atoms with van der Waals surface area (Å²) in [7, 11) is 0. The van der Waals surface area contributed by atoms with Crippen LogP contribution < -0.4 is 5.32 Å². The van der Waals surface area contributed by atoms with E-state index in [9.17, 15) is 0 Å². The second-order valence-corrected chi connectivity index (χ2v) is 6.53. The summed E-state index contributed by atoms with van der Waals surface area (Å²) >= 11 is 0. The number of hydrogen-bond acceptors (Lipinski definition) is 2. The predicted octanol–water partition coefficient (Wildman–Crippen LogP) is 4.24. The van der Waals surface area contributed by atoms with Gasteiger partial charge in [0.25, 0.3) is 0 Å². The number of hydrogen-bond donors (Lipinski definition) is 1. The van der Waals surface area contributed by atoms with Crippen LogP contribution in [0.15, 0.2) is 30.3 Å². The molecule has 1 N–H and O–H groups in total. The molecule has 1 aliphatic heterocycles. The molecule has 2 nitrogen and oxygen atoms in total. The summed E-state index contributed by atoms with van der Waals surface area (Å²) in [6.45, 7) is 11.6. The first-order valence-electron chi connectivity index (χ1n) is 8.73. The Bertz CT molecular complexity index is 387. The average Bonchev–Trinajstić information content (AvgIpc) is 2.56. The fraction of sp³-hybridized carbons (Fsp3) is 0.684. The zero-order chi connectivity index (χ0) is 15.1. The maximum Gasteiger partial charge on any atom is 0.0449 e. The van der Waals surface area contributed by atoms with Crippen molar-refractivity contribution >= 4 is 0 Å². The SMILES string of the molecule is CCNC(CN1CCC(CC)(CC)CC1)c1ccccc1. The Morgan fingerprint density at radius 2 is 1.67 bits per heavy atom. The van der Waals surface area contributed by atoms with Crippen molar-refractivity contribution in [2.24, 2.45) is 5.41 Å². The molecule has 0 bridgehead atoms. The Morgan fingerprint density at radius 1 is 1.05 bits per heavy atom. The number of benzene rings is 1. The summed E-state index contributed by atoms with van der Waals surface area (Å²) in [5, 5.41) is 3.65. The molecule has 1 aliphatic rings. The summed E-state index contributed by atoms with van der Waals surface area (Å²) in [5.74, 6) is 0.